The van der Waals surface area contributed by atoms with Crippen molar-refractivity contribution in [3.05, 3.63) is 107 Å². The molecule has 0 atom stereocenters. The Morgan fingerprint density at radius 2 is 1.26 bits per heavy atom. The zero-order chi connectivity index (χ0) is 33.6. The van der Waals surface area contributed by atoms with Gasteiger partial charge in [0.1, 0.15) is 11.5 Å². The third kappa shape index (κ3) is 10.5. The molecule has 0 aliphatic carbocycles. The van der Waals surface area contributed by atoms with Gasteiger partial charge in [-0.1, -0.05) is 82.3 Å². The van der Waals surface area contributed by atoms with Crippen LogP contribution in [0.4, 0.5) is 0 Å². The van der Waals surface area contributed by atoms with E-state index < -0.39 is 11.9 Å². The lowest BCUT2D eigenvalue weighted by Crippen LogP contribution is -2.13. The fourth-order valence-electron chi connectivity index (χ4n) is 5.26. The van der Waals surface area contributed by atoms with Crippen molar-refractivity contribution in [2.75, 3.05) is 13.2 Å². The molecule has 0 heterocycles. The maximum Gasteiger partial charge on any atom is 0.338 e. The van der Waals surface area contributed by atoms with Crippen molar-refractivity contribution in [3.63, 3.8) is 0 Å². The lowest BCUT2D eigenvalue weighted by Gasteiger charge is -2.19. The minimum absolute atomic E-state index is 0.0605. The zero-order valence-electron chi connectivity index (χ0n) is 28.0. The Hall–Kier alpha value is -4.00. The molecular weight excluding hydrogens is 576 g/mol. The van der Waals surface area contributed by atoms with E-state index in [9.17, 15) is 19.8 Å². The summed E-state index contributed by atoms with van der Waals surface area (Å²) in [5.74, 6) is -0.462. The van der Waals surface area contributed by atoms with Crippen LogP contribution in [0.25, 0.3) is 11.1 Å². The van der Waals surface area contributed by atoms with E-state index in [-0.39, 0.29) is 30.3 Å². The monoisotopic (exact) mass is 626 g/mol. The summed E-state index contributed by atoms with van der Waals surface area (Å²) in [7, 11) is 0. The molecule has 0 radical (unpaired) electrons. The molecule has 2 N–H and O–H groups in total. The molecule has 46 heavy (non-hydrogen) atoms. The van der Waals surface area contributed by atoms with Crippen LogP contribution in [0.3, 0.4) is 0 Å². The van der Waals surface area contributed by atoms with Crippen LogP contribution in [0.15, 0.2) is 78.9 Å². The largest absolute Gasteiger partial charge is 0.423 e. The van der Waals surface area contributed by atoms with Gasteiger partial charge in [0.15, 0.2) is 0 Å². The predicted octanol–water partition coefficient (Wildman–Crippen LogP) is 7.93. The normalized spacial score (nSPS) is 11.0. The third-order valence-corrected chi connectivity index (χ3v) is 8.24. The van der Waals surface area contributed by atoms with Gasteiger partial charge < -0.3 is 19.7 Å². The molecule has 0 fully saturated rings. The molecular formula is C40H50O6. The number of carbonyl (C=O) groups excluding carboxylic acids is 2. The summed E-state index contributed by atoms with van der Waals surface area (Å²) in [6, 6.07) is 18.3. The Kier molecular flexibility index (Phi) is 14.4. The number of aliphatic hydroxyl groups excluding tert-OH is 2. The number of benzene rings is 3. The van der Waals surface area contributed by atoms with Gasteiger partial charge in [-0.2, -0.15) is 0 Å². The molecule has 0 amide bonds. The summed E-state index contributed by atoms with van der Waals surface area (Å²) < 4.78 is 11.8. The second-order valence-corrected chi connectivity index (χ2v) is 12.2. The van der Waals surface area contributed by atoms with Crippen LogP contribution < -0.4 is 9.47 Å². The second kappa shape index (κ2) is 18.2. The molecule has 0 bridgehead atoms. The van der Waals surface area contributed by atoms with E-state index in [2.05, 4.69) is 57.3 Å². The Morgan fingerprint density at radius 1 is 0.674 bits per heavy atom. The molecule has 3 aromatic rings. The highest BCUT2D eigenvalue weighted by atomic mass is 16.5. The number of hydrogen-bond donors (Lipinski definition) is 2. The minimum Gasteiger partial charge on any atom is -0.423 e. The maximum atomic E-state index is 12.8. The number of aliphatic hydroxyl groups is 2. The van der Waals surface area contributed by atoms with E-state index in [1.807, 2.05) is 12.1 Å². The van der Waals surface area contributed by atoms with Crippen LogP contribution in [0.2, 0.25) is 0 Å². The lowest BCUT2D eigenvalue weighted by molar-refractivity contribution is -0.131. The van der Waals surface area contributed by atoms with Gasteiger partial charge in [0, 0.05) is 35.8 Å². The van der Waals surface area contributed by atoms with Gasteiger partial charge in [-0.05, 0) is 104 Å². The fraction of sp³-hybridized carbons (Fsp3) is 0.400. The van der Waals surface area contributed by atoms with Crippen molar-refractivity contribution in [1.82, 2.24) is 0 Å². The molecule has 3 rings (SSSR count). The quantitative estimate of drug-likeness (QED) is 0.0645. The molecule has 6 heteroatoms. The molecule has 0 saturated carbocycles. The van der Waals surface area contributed by atoms with Gasteiger partial charge in [-0.25, -0.2) is 9.59 Å². The smallest absolute Gasteiger partial charge is 0.338 e. The van der Waals surface area contributed by atoms with E-state index in [1.165, 1.54) is 24.8 Å². The van der Waals surface area contributed by atoms with E-state index in [4.69, 9.17) is 9.47 Å². The van der Waals surface area contributed by atoms with E-state index in [1.54, 1.807) is 26.0 Å². The number of hydrogen-bond acceptors (Lipinski definition) is 6. The zero-order valence-corrected chi connectivity index (χ0v) is 28.0. The van der Waals surface area contributed by atoms with E-state index in [0.29, 0.717) is 49.2 Å². The maximum absolute atomic E-state index is 12.8. The van der Waals surface area contributed by atoms with Crippen molar-refractivity contribution in [3.8, 4) is 22.6 Å². The topological polar surface area (TPSA) is 93.1 Å². The molecule has 6 nitrogen and oxygen atoms in total. The van der Waals surface area contributed by atoms with Crippen LogP contribution in [0, 0.1) is 5.92 Å². The number of aryl methyl sites for hydroxylation is 5. The Bertz CT molecular complexity index is 1500. The highest BCUT2D eigenvalue weighted by Gasteiger charge is 2.21. The second-order valence-electron chi connectivity index (χ2n) is 12.2. The Morgan fingerprint density at radius 3 is 1.83 bits per heavy atom. The fourth-order valence-corrected chi connectivity index (χ4v) is 5.26. The van der Waals surface area contributed by atoms with Crippen LogP contribution in [-0.2, 0) is 41.7 Å². The van der Waals surface area contributed by atoms with Crippen molar-refractivity contribution in [1.29, 1.82) is 0 Å². The summed E-state index contributed by atoms with van der Waals surface area (Å²) in [6.07, 6.45) is 8.01. The number of rotatable bonds is 18. The van der Waals surface area contributed by atoms with Crippen LogP contribution in [-0.4, -0.2) is 35.4 Å². The van der Waals surface area contributed by atoms with E-state index >= 15 is 0 Å². The summed E-state index contributed by atoms with van der Waals surface area (Å²) in [5.41, 5.74) is 7.38. The van der Waals surface area contributed by atoms with Gasteiger partial charge >= 0.3 is 11.9 Å². The first-order valence-electron chi connectivity index (χ1n) is 16.4. The molecule has 0 aromatic heterocycles. The molecule has 246 valence electrons. The molecule has 3 aromatic carbocycles. The summed E-state index contributed by atoms with van der Waals surface area (Å²) in [4.78, 5) is 25.6. The number of carbonyl (C=O) groups is 2. The number of unbranched alkanes of at least 4 members (excludes halogenated alkanes) is 2. The van der Waals surface area contributed by atoms with Crippen molar-refractivity contribution >= 4 is 11.9 Å². The van der Waals surface area contributed by atoms with Gasteiger partial charge in [0.25, 0.3) is 0 Å². The standard InChI is InChI=1S/C40H50O6/c1-7-9-10-11-29-12-14-30(15-13-29)18-20-34-23-38(46-40(44)28(5)6)36(24-37(34)45-39(43)27(3)4)35-21-19-31(22-33(35)8-2)16-17-32(25-41)26-42/h12-15,19,21-24,32,41-42H,3,5,7-11,16-18,20,25-26H2,1-2,4,6H3. The van der Waals surface area contributed by atoms with Crippen molar-refractivity contribution in [2.24, 2.45) is 5.92 Å². The van der Waals surface area contributed by atoms with E-state index in [0.717, 1.165) is 34.2 Å². The van der Waals surface area contributed by atoms with Crippen molar-refractivity contribution in [2.45, 2.75) is 85.5 Å². The molecule has 0 saturated heterocycles. The Labute approximate surface area is 274 Å². The summed E-state index contributed by atoms with van der Waals surface area (Å²) in [5, 5.41) is 19.0. The summed E-state index contributed by atoms with van der Waals surface area (Å²) >= 11 is 0. The highest BCUT2D eigenvalue weighted by Crippen LogP contribution is 2.40. The van der Waals surface area contributed by atoms with Gasteiger partial charge in [0.2, 0.25) is 0 Å². The minimum atomic E-state index is -0.536. The average Bonchev–Trinajstić information content (AvgIpc) is 3.05. The highest BCUT2D eigenvalue weighted by molar-refractivity contribution is 5.92. The lowest BCUT2D eigenvalue weighted by atomic mass is 9.91. The van der Waals surface area contributed by atoms with Crippen molar-refractivity contribution < 1.29 is 29.3 Å². The Balaban J connectivity index is 2.04. The molecule has 0 aliphatic heterocycles. The van der Waals surface area contributed by atoms with Crippen LogP contribution >= 0.6 is 0 Å². The average molecular weight is 627 g/mol. The van der Waals surface area contributed by atoms with Gasteiger partial charge in [-0.3, -0.25) is 0 Å². The number of ether oxygens (including phenoxy) is 2. The third-order valence-electron chi connectivity index (χ3n) is 8.24. The molecule has 0 unspecified atom stereocenters. The van der Waals surface area contributed by atoms with Gasteiger partial charge in [-0.15, -0.1) is 0 Å². The first-order chi connectivity index (χ1) is 22.1. The number of esters is 2. The molecule has 0 spiro atoms. The first kappa shape index (κ1) is 36.5. The SMILES string of the molecule is C=C(C)C(=O)Oc1cc(-c2ccc(CCC(CO)CO)cc2CC)c(OC(=O)C(=C)C)cc1CCc1ccc(CCCCC)cc1. The summed E-state index contributed by atoms with van der Waals surface area (Å²) in [6.45, 7) is 14.9. The molecule has 0 aliphatic rings. The predicted molar refractivity (Wildman–Crippen MR) is 185 cm³/mol. The van der Waals surface area contributed by atoms with Crippen LogP contribution in [0.5, 0.6) is 11.5 Å². The first-order valence-corrected chi connectivity index (χ1v) is 16.4. The van der Waals surface area contributed by atoms with Gasteiger partial charge in [0.05, 0.1) is 0 Å². The van der Waals surface area contributed by atoms with Crippen LogP contribution in [0.1, 0.15) is 81.2 Å².